The minimum atomic E-state index is 0.264. The summed E-state index contributed by atoms with van der Waals surface area (Å²) >= 11 is 5.85. The Morgan fingerprint density at radius 2 is 2.23 bits per heavy atom. The van der Waals surface area contributed by atoms with Crippen LogP contribution in [0.15, 0.2) is 29.3 Å². The molecule has 1 rings (SSSR count). The highest BCUT2D eigenvalue weighted by Crippen LogP contribution is 2.22. The van der Waals surface area contributed by atoms with Gasteiger partial charge in [0.2, 0.25) is 0 Å². The van der Waals surface area contributed by atoms with Crippen molar-refractivity contribution in [2.24, 2.45) is 10.7 Å². The van der Waals surface area contributed by atoms with Crippen molar-refractivity contribution < 1.29 is 4.74 Å². The van der Waals surface area contributed by atoms with Gasteiger partial charge in [-0.1, -0.05) is 23.7 Å². The Labute approximate surface area is 82.2 Å². The zero-order chi connectivity index (χ0) is 9.68. The molecular weight excluding hydrogens is 188 g/mol. The lowest BCUT2D eigenvalue weighted by Crippen LogP contribution is -2.20. The van der Waals surface area contributed by atoms with Gasteiger partial charge in [0.1, 0.15) is 18.2 Å². The van der Waals surface area contributed by atoms with E-state index < -0.39 is 0 Å². The van der Waals surface area contributed by atoms with E-state index in [1.54, 1.807) is 19.2 Å². The first-order valence-corrected chi connectivity index (χ1v) is 4.20. The maximum Gasteiger partial charge on any atom is 0.145 e. The van der Waals surface area contributed by atoms with Crippen LogP contribution in [0.3, 0.4) is 0 Å². The first-order chi connectivity index (χ1) is 6.24. The quantitative estimate of drug-likeness (QED) is 0.594. The molecule has 0 spiro atoms. The number of hydrogen-bond acceptors (Lipinski definition) is 2. The van der Waals surface area contributed by atoms with E-state index in [2.05, 4.69) is 4.99 Å². The first-order valence-electron chi connectivity index (χ1n) is 3.82. The van der Waals surface area contributed by atoms with Crippen LogP contribution < -0.4 is 10.5 Å². The number of halogens is 1. The van der Waals surface area contributed by atoms with Crippen molar-refractivity contribution in [1.29, 1.82) is 0 Å². The molecule has 0 radical (unpaired) electrons. The Morgan fingerprint density at radius 3 is 2.85 bits per heavy atom. The molecule has 0 atom stereocenters. The van der Waals surface area contributed by atoms with Crippen molar-refractivity contribution in [1.82, 2.24) is 0 Å². The van der Waals surface area contributed by atoms with Crippen LogP contribution in [0.1, 0.15) is 0 Å². The third kappa shape index (κ3) is 2.95. The summed E-state index contributed by atoms with van der Waals surface area (Å²) < 4.78 is 5.30. The monoisotopic (exact) mass is 198 g/mol. The van der Waals surface area contributed by atoms with Crippen LogP contribution in [0.4, 0.5) is 0 Å². The zero-order valence-corrected chi connectivity index (χ0v) is 8.08. The number of amidine groups is 1. The fourth-order valence-electron chi connectivity index (χ4n) is 0.778. The Hall–Kier alpha value is -1.22. The second-order valence-corrected chi connectivity index (χ2v) is 2.84. The van der Waals surface area contributed by atoms with Crippen molar-refractivity contribution in [2.75, 3.05) is 13.7 Å². The van der Waals surface area contributed by atoms with Gasteiger partial charge in [0, 0.05) is 7.05 Å². The van der Waals surface area contributed by atoms with Crippen molar-refractivity contribution in [3.05, 3.63) is 29.3 Å². The maximum atomic E-state index is 5.85. The summed E-state index contributed by atoms with van der Waals surface area (Å²) in [5.74, 6) is 1.07. The summed E-state index contributed by atoms with van der Waals surface area (Å²) in [5, 5.41) is 0.575. The molecule has 70 valence electrons. The molecule has 3 nitrogen and oxygen atoms in total. The number of para-hydroxylation sites is 1. The molecule has 0 saturated carbocycles. The third-order valence-electron chi connectivity index (χ3n) is 1.50. The maximum absolute atomic E-state index is 5.85. The van der Waals surface area contributed by atoms with Crippen LogP contribution in [0.2, 0.25) is 5.02 Å². The molecule has 2 N–H and O–H groups in total. The summed E-state index contributed by atoms with van der Waals surface area (Å²) in [5.41, 5.74) is 5.45. The number of hydrogen-bond donors (Lipinski definition) is 1. The van der Waals surface area contributed by atoms with Gasteiger partial charge >= 0.3 is 0 Å². The van der Waals surface area contributed by atoms with Crippen molar-refractivity contribution >= 4 is 17.4 Å². The molecule has 0 aliphatic carbocycles. The number of benzene rings is 1. The van der Waals surface area contributed by atoms with Gasteiger partial charge in [-0.25, -0.2) is 0 Å². The average molecular weight is 199 g/mol. The zero-order valence-electron chi connectivity index (χ0n) is 7.33. The largest absolute Gasteiger partial charge is 0.484 e. The molecular formula is C9H11ClN2O. The second kappa shape index (κ2) is 4.72. The predicted molar refractivity (Wildman–Crippen MR) is 54.5 cm³/mol. The molecule has 0 aromatic heterocycles. The number of nitrogens with two attached hydrogens (primary N) is 1. The highest BCUT2D eigenvalue weighted by molar-refractivity contribution is 6.32. The van der Waals surface area contributed by atoms with Gasteiger partial charge < -0.3 is 10.5 Å². The summed E-state index contributed by atoms with van der Waals surface area (Å²) in [6.07, 6.45) is 0. The van der Waals surface area contributed by atoms with E-state index in [0.29, 0.717) is 16.6 Å². The number of ether oxygens (including phenoxy) is 1. The van der Waals surface area contributed by atoms with Crippen molar-refractivity contribution in [3.63, 3.8) is 0 Å². The molecule has 13 heavy (non-hydrogen) atoms. The van der Waals surface area contributed by atoms with E-state index in [-0.39, 0.29) is 6.61 Å². The average Bonchev–Trinajstić information content (AvgIpc) is 2.16. The van der Waals surface area contributed by atoms with Crippen LogP contribution in [0.5, 0.6) is 5.75 Å². The van der Waals surface area contributed by atoms with Crippen molar-refractivity contribution in [2.45, 2.75) is 0 Å². The van der Waals surface area contributed by atoms with Gasteiger partial charge in [-0.3, -0.25) is 4.99 Å². The van der Waals surface area contributed by atoms with Crippen LogP contribution in [-0.2, 0) is 0 Å². The van der Waals surface area contributed by atoms with Crippen LogP contribution in [-0.4, -0.2) is 19.5 Å². The molecule has 0 saturated heterocycles. The molecule has 1 aromatic rings. The molecule has 0 bridgehead atoms. The van der Waals surface area contributed by atoms with E-state index in [9.17, 15) is 0 Å². The molecule has 4 heteroatoms. The van der Waals surface area contributed by atoms with Crippen LogP contribution in [0.25, 0.3) is 0 Å². The minimum absolute atomic E-state index is 0.264. The molecule has 0 fully saturated rings. The summed E-state index contributed by atoms with van der Waals surface area (Å²) in [6, 6.07) is 7.23. The van der Waals surface area contributed by atoms with E-state index >= 15 is 0 Å². The van der Waals surface area contributed by atoms with Gasteiger partial charge in [0.25, 0.3) is 0 Å². The van der Waals surface area contributed by atoms with Gasteiger partial charge in [-0.05, 0) is 12.1 Å². The van der Waals surface area contributed by atoms with Gasteiger partial charge in [-0.2, -0.15) is 0 Å². The molecule has 0 unspecified atom stereocenters. The molecule has 0 amide bonds. The Kier molecular flexibility index (Phi) is 3.58. The lowest BCUT2D eigenvalue weighted by atomic mass is 10.3. The highest BCUT2D eigenvalue weighted by atomic mass is 35.5. The fourth-order valence-corrected chi connectivity index (χ4v) is 0.968. The molecule has 1 aromatic carbocycles. The highest BCUT2D eigenvalue weighted by Gasteiger charge is 1.99. The summed E-state index contributed by atoms with van der Waals surface area (Å²) in [4.78, 5) is 3.76. The number of rotatable bonds is 3. The molecule has 0 aliphatic rings. The van der Waals surface area contributed by atoms with Gasteiger partial charge in [-0.15, -0.1) is 0 Å². The molecule has 0 heterocycles. The standard InChI is InChI=1S/C9H11ClN2O/c1-12-9(11)6-13-8-5-3-2-4-7(8)10/h2-5H,6H2,1H3,(H2,11,12). The van der Waals surface area contributed by atoms with E-state index in [1.165, 1.54) is 0 Å². The molecule has 0 aliphatic heterocycles. The lowest BCUT2D eigenvalue weighted by molar-refractivity contribution is 0.375. The topological polar surface area (TPSA) is 47.6 Å². The Balaban J connectivity index is 2.60. The van der Waals surface area contributed by atoms with Gasteiger partial charge in [0.15, 0.2) is 0 Å². The normalized spacial score (nSPS) is 11.4. The lowest BCUT2D eigenvalue weighted by Gasteiger charge is -2.06. The fraction of sp³-hybridized carbons (Fsp3) is 0.222. The van der Waals surface area contributed by atoms with E-state index in [1.807, 2.05) is 12.1 Å². The summed E-state index contributed by atoms with van der Waals surface area (Å²) in [6.45, 7) is 0.264. The number of aliphatic imine (C=N–C) groups is 1. The number of nitrogens with zero attached hydrogens (tertiary/aromatic N) is 1. The SMILES string of the molecule is CN=C(N)COc1ccccc1Cl. The minimum Gasteiger partial charge on any atom is -0.484 e. The van der Waals surface area contributed by atoms with E-state index in [4.69, 9.17) is 22.1 Å². The van der Waals surface area contributed by atoms with Crippen LogP contribution in [0, 0.1) is 0 Å². The Morgan fingerprint density at radius 1 is 1.54 bits per heavy atom. The predicted octanol–water partition coefficient (Wildman–Crippen LogP) is 1.71. The summed E-state index contributed by atoms with van der Waals surface area (Å²) in [7, 11) is 1.62. The van der Waals surface area contributed by atoms with Crippen LogP contribution >= 0.6 is 11.6 Å². The Bertz CT molecular complexity index is 312. The van der Waals surface area contributed by atoms with Gasteiger partial charge in [0.05, 0.1) is 5.02 Å². The second-order valence-electron chi connectivity index (χ2n) is 2.43. The smallest absolute Gasteiger partial charge is 0.145 e. The first kappa shape index (κ1) is 9.86. The van der Waals surface area contributed by atoms with E-state index in [0.717, 1.165) is 0 Å². The third-order valence-corrected chi connectivity index (χ3v) is 1.81. The van der Waals surface area contributed by atoms with Crippen molar-refractivity contribution in [3.8, 4) is 5.75 Å².